The summed E-state index contributed by atoms with van der Waals surface area (Å²) < 4.78 is 4.88. The molecule has 0 aliphatic carbocycles. The van der Waals surface area contributed by atoms with Gasteiger partial charge in [0.05, 0.1) is 6.61 Å². The van der Waals surface area contributed by atoms with Gasteiger partial charge >= 0.3 is 12.0 Å². The van der Waals surface area contributed by atoms with Crippen LogP contribution in [0.3, 0.4) is 0 Å². The molecule has 23 heavy (non-hydrogen) atoms. The number of amides is 2. The molecular formula is C15H18Cl2N2O4. The van der Waals surface area contributed by atoms with E-state index in [1.165, 1.54) is 4.90 Å². The quantitative estimate of drug-likeness (QED) is 0.664. The Labute approximate surface area is 145 Å². The van der Waals surface area contributed by atoms with Crippen molar-refractivity contribution in [2.24, 2.45) is 5.92 Å². The van der Waals surface area contributed by atoms with Gasteiger partial charge in [-0.05, 0) is 31.2 Å². The van der Waals surface area contributed by atoms with E-state index in [-0.39, 0.29) is 50.3 Å². The summed E-state index contributed by atoms with van der Waals surface area (Å²) in [4.78, 5) is 37.2. The molecule has 1 heterocycles. The zero-order chi connectivity index (χ0) is 16.1. The molecule has 0 radical (unpaired) electrons. The molecule has 1 atom stereocenters. The molecular weight excluding hydrogens is 343 g/mol. The van der Waals surface area contributed by atoms with Crippen LogP contribution in [0.4, 0.5) is 10.5 Å². The molecule has 1 aromatic rings. The molecule has 6 nitrogen and oxygen atoms in total. The van der Waals surface area contributed by atoms with Gasteiger partial charge in [-0.1, -0.05) is 11.6 Å². The first-order valence-corrected chi connectivity index (χ1v) is 7.40. The standard InChI is InChI=1S/C15H17ClN2O4.ClH/c1-2-22-14(20)12-9-18(8-7-13(12)19)15(21)17-11-5-3-10(16)4-6-11;/h3-6,12H,2,7-9H2,1H3,(H,17,21);1H. The number of hydrogen-bond acceptors (Lipinski definition) is 4. The highest BCUT2D eigenvalue weighted by molar-refractivity contribution is 6.30. The van der Waals surface area contributed by atoms with Crippen molar-refractivity contribution in [2.75, 3.05) is 25.0 Å². The third-order valence-corrected chi connectivity index (χ3v) is 3.63. The third kappa shape index (κ3) is 5.11. The lowest BCUT2D eigenvalue weighted by atomic mass is 9.97. The lowest BCUT2D eigenvalue weighted by Gasteiger charge is -2.30. The van der Waals surface area contributed by atoms with Crippen molar-refractivity contribution in [1.82, 2.24) is 4.90 Å². The van der Waals surface area contributed by atoms with E-state index in [9.17, 15) is 14.4 Å². The molecule has 1 aromatic carbocycles. The predicted molar refractivity (Wildman–Crippen MR) is 89.0 cm³/mol. The van der Waals surface area contributed by atoms with Crippen LogP contribution in [0.2, 0.25) is 5.02 Å². The maximum absolute atomic E-state index is 12.2. The molecule has 1 aliphatic rings. The number of benzene rings is 1. The molecule has 1 saturated heterocycles. The van der Waals surface area contributed by atoms with Gasteiger partial charge in [-0.2, -0.15) is 0 Å². The summed E-state index contributed by atoms with van der Waals surface area (Å²) >= 11 is 5.78. The Morgan fingerprint density at radius 3 is 2.61 bits per heavy atom. The summed E-state index contributed by atoms with van der Waals surface area (Å²) in [6.07, 6.45) is 0.150. The summed E-state index contributed by atoms with van der Waals surface area (Å²) in [7, 11) is 0. The van der Waals surface area contributed by atoms with Crippen LogP contribution in [0.1, 0.15) is 13.3 Å². The lowest BCUT2D eigenvalue weighted by Crippen LogP contribution is -2.48. The summed E-state index contributed by atoms with van der Waals surface area (Å²) in [5.74, 6) is -1.66. The van der Waals surface area contributed by atoms with Crippen molar-refractivity contribution in [2.45, 2.75) is 13.3 Å². The fourth-order valence-corrected chi connectivity index (χ4v) is 2.33. The Bertz CT molecular complexity index is 577. The van der Waals surface area contributed by atoms with Gasteiger partial charge in [-0.15, -0.1) is 12.4 Å². The molecule has 126 valence electrons. The molecule has 1 unspecified atom stereocenters. The van der Waals surface area contributed by atoms with Gasteiger partial charge in [0.2, 0.25) is 0 Å². The fraction of sp³-hybridized carbons (Fsp3) is 0.400. The third-order valence-electron chi connectivity index (χ3n) is 3.37. The minimum absolute atomic E-state index is 0. The van der Waals surface area contributed by atoms with Crippen LogP contribution in [0.5, 0.6) is 0 Å². The van der Waals surface area contributed by atoms with E-state index in [2.05, 4.69) is 5.32 Å². The van der Waals surface area contributed by atoms with Crippen molar-refractivity contribution >= 4 is 47.5 Å². The number of nitrogens with one attached hydrogen (secondary N) is 1. The minimum atomic E-state index is -0.898. The maximum atomic E-state index is 12.2. The highest BCUT2D eigenvalue weighted by atomic mass is 35.5. The number of carbonyl (C=O) groups is 3. The Hall–Kier alpha value is -1.79. The van der Waals surface area contributed by atoms with Gasteiger partial charge in [-0.3, -0.25) is 9.59 Å². The van der Waals surface area contributed by atoms with Gasteiger partial charge in [0, 0.05) is 30.2 Å². The number of esters is 1. The number of likely N-dealkylation sites (tertiary alicyclic amines) is 1. The molecule has 8 heteroatoms. The number of piperidine rings is 1. The van der Waals surface area contributed by atoms with Crippen LogP contribution in [-0.4, -0.2) is 42.4 Å². The van der Waals surface area contributed by atoms with Crippen LogP contribution in [0.25, 0.3) is 0 Å². The Kier molecular flexibility index (Phi) is 7.32. The largest absolute Gasteiger partial charge is 0.465 e. The topological polar surface area (TPSA) is 75.7 Å². The maximum Gasteiger partial charge on any atom is 0.321 e. The summed E-state index contributed by atoms with van der Waals surface area (Å²) in [5.41, 5.74) is 0.596. The second-order valence-electron chi connectivity index (χ2n) is 4.90. The first-order valence-electron chi connectivity index (χ1n) is 7.02. The van der Waals surface area contributed by atoms with E-state index in [1.54, 1.807) is 31.2 Å². The van der Waals surface area contributed by atoms with E-state index >= 15 is 0 Å². The average molecular weight is 361 g/mol. The number of hydrogen-bond donors (Lipinski definition) is 1. The molecule has 0 aromatic heterocycles. The molecule has 2 rings (SSSR count). The number of urea groups is 1. The number of rotatable bonds is 3. The summed E-state index contributed by atoms with van der Waals surface area (Å²) in [6.45, 7) is 2.21. The molecule has 0 bridgehead atoms. The Morgan fingerprint density at radius 2 is 2.00 bits per heavy atom. The summed E-state index contributed by atoms with van der Waals surface area (Å²) in [5, 5.41) is 3.28. The molecule has 0 saturated carbocycles. The fourth-order valence-electron chi connectivity index (χ4n) is 2.20. The van der Waals surface area contributed by atoms with Gasteiger partial charge in [-0.25, -0.2) is 4.79 Å². The van der Waals surface area contributed by atoms with Crippen molar-refractivity contribution in [3.05, 3.63) is 29.3 Å². The SMILES string of the molecule is CCOC(=O)C1CN(C(=O)Nc2ccc(Cl)cc2)CCC1=O.Cl. The first kappa shape index (κ1) is 19.3. The van der Waals surface area contributed by atoms with Crippen LogP contribution in [0, 0.1) is 5.92 Å². The van der Waals surface area contributed by atoms with E-state index in [0.717, 1.165) is 0 Å². The molecule has 1 fully saturated rings. The van der Waals surface area contributed by atoms with Gasteiger partial charge in [0.1, 0.15) is 5.92 Å². The van der Waals surface area contributed by atoms with Gasteiger partial charge < -0.3 is 15.0 Å². The normalized spacial score (nSPS) is 17.2. The molecule has 1 aliphatic heterocycles. The van der Waals surface area contributed by atoms with Crippen LogP contribution in [0.15, 0.2) is 24.3 Å². The monoisotopic (exact) mass is 360 g/mol. The predicted octanol–water partition coefficient (Wildman–Crippen LogP) is 2.75. The second kappa shape index (κ2) is 8.74. The number of nitrogens with zero attached hydrogens (tertiary/aromatic N) is 1. The Morgan fingerprint density at radius 1 is 1.35 bits per heavy atom. The van der Waals surface area contributed by atoms with E-state index in [1.807, 2.05) is 0 Å². The minimum Gasteiger partial charge on any atom is -0.465 e. The van der Waals surface area contributed by atoms with Crippen molar-refractivity contribution < 1.29 is 19.1 Å². The van der Waals surface area contributed by atoms with Gasteiger partial charge in [0.15, 0.2) is 5.78 Å². The second-order valence-corrected chi connectivity index (χ2v) is 5.34. The summed E-state index contributed by atoms with van der Waals surface area (Å²) in [6, 6.07) is 6.33. The lowest BCUT2D eigenvalue weighted by molar-refractivity contribution is -0.153. The van der Waals surface area contributed by atoms with Crippen molar-refractivity contribution in [3.8, 4) is 0 Å². The zero-order valence-corrected chi connectivity index (χ0v) is 14.2. The zero-order valence-electron chi connectivity index (χ0n) is 12.6. The van der Waals surface area contributed by atoms with Crippen molar-refractivity contribution in [1.29, 1.82) is 0 Å². The smallest absolute Gasteiger partial charge is 0.321 e. The number of ether oxygens (including phenoxy) is 1. The van der Waals surface area contributed by atoms with Crippen LogP contribution >= 0.6 is 24.0 Å². The number of halogens is 2. The van der Waals surface area contributed by atoms with Crippen LogP contribution < -0.4 is 5.32 Å². The van der Waals surface area contributed by atoms with Gasteiger partial charge in [0.25, 0.3) is 0 Å². The number of ketones is 1. The molecule has 1 N–H and O–H groups in total. The van der Waals surface area contributed by atoms with E-state index < -0.39 is 11.9 Å². The number of anilines is 1. The van der Waals surface area contributed by atoms with E-state index in [0.29, 0.717) is 10.7 Å². The highest BCUT2D eigenvalue weighted by Gasteiger charge is 2.35. The number of carbonyl (C=O) groups excluding carboxylic acids is 3. The van der Waals surface area contributed by atoms with Crippen LogP contribution in [-0.2, 0) is 14.3 Å². The Balaban J connectivity index is 0.00000264. The highest BCUT2D eigenvalue weighted by Crippen LogP contribution is 2.18. The molecule has 2 amide bonds. The molecule has 0 spiro atoms. The first-order chi connectivity index (χ1) is 10.5. The van der Waals surface area contributed by atoms with E-state index in [4.69, 9.17) is 16.3 Å². The average Bonchev–Trinajstić information content (AvgIpc) is 2.50. The van der Waals surface area contributed by atoms with Crippen molar-refractivity contribution in [3.63, 3.8) is 0 Å². The number of Topliss-reactive ketones (excluding diaryl/α,β-unsaturated/α-hetero) is 1.